The van der Waals surface area contributed by atoms with E-state index < -0.39 is 18.2 Å². The maximum absolute atomic E-state index is 14.7. The molecule has 51 heavy (non-hydrogen) atoms. The molecule has 0 aromatic heterocycles. The Bertz CT molecular complexity index is 1490. The number of carboxylic acid groups (broad SMARTS) is 1. The fourth-order valence-corrected chi connectivity index (χ4v) is 8.91. The predicted octanol–water partition coefficient (Wildman–Crippen LogP) is 5.76. The fraction of sp³-hybridized carbons (Fsp3) is 0.632. The van der Waals surface area contributed by atoms with Gasteiger partial charge in [-0.05, 0) is 67.9 Å². The van der Waals surface area contributed by atoms with Gasteiger partial charge in [-0.25, -0.2) is 0 Å². The number of piperidine rings is 1. The quantitative estimate of drug-likeness (QED) is 0.311. The molecule has 0 radical (unpaired) electrons. The number of amides is 1. The summed E-state index contributed by atoms with van der Waals surface area (Å²) in [5.74, 6) is -1.43. The second kappa shape index (κ2) is 16.0. The zero-order valence-electron chi connectivity index (χ0n) is 29.6. The van der Waals surface area contributed by atoms with Crippen LogP contribution in [0.5, 0.6) is 11.5 Å². The van der Waals surface area contributed by atoms with E-state index in [0.29, 0.717) is 63.9 Å². The number of ether oxygens (including phenoxy) is 4. The normalized spacial score (nSPS) is 27.9. The molecule has 0 spiro atoms. The van der Waals surface area contributed by atoms with Crippen molar-refractivity contribution in [2.24, 2.45) is 17.8 Å². The van der Waals surface area contributed by atoms with Crippen molar-refractivity contribution in [3.05, 3.63) is 53.6 Å². The predicted molar refractivity (Wildman–Crippen MR) is 184 cm³/mol. The third-order valence-electron chi connectivity index (χ3n) is 11.7. The summed E-state index contributed by atoms with van der Waals surface area (Å²) in [6, 6.07) is 12.8. The first-order chi connectivity index (χ1) is 24.5. The van der Waals surface area contributed by atoms with Crippen LogP contribution in [0.15, 0.2) is 42.5 Å². The maximum Gasteiger partial charge on any atom is 0.573 e. The number of carbonyl (C=O) groups is 2. The number of halogens is 3. The molecule has 1 amide bonds. The second-order valence-corrected chi connectivity index (χ2v) is 14.5. The summed E-state index contributed by atoms with van der Waals surface area (Å²) < 4.78 is 60.9. The molecule has 0 bridgehead atoms. The van der Waals surface area contributed by atoms with Crippen molar-refractivity contribution >= 4 is 17.6 Å². The van der Waals surface area contributed by atoms with Gasteiger partial charge in [0.1, 0.15) is 11.5 Å². The molecule has 1 saturated carbocycles. The molecule has 3 aliphatic heterocycles. The summed E-state index contributed by atoms with van der Waals surface area (Å²) in [6.07, 6.45) is 0.234. The standard InChI is InChI=1S/C38H50F3N3O7/c1-48-23-26-19-44(21-33(26)31-13-12-30(51-38(39,40)41)18-35(31)42-16-14-25(15-17-42)37(46)47)36(45)34-22-43(27-6-10-29(50-3)11-7-27)20-32(34)24-4-8-28(49-2)9-5-24/h4-5,8-9,12-13,18,25-27,29,32-34H,6-7,10-11,14-17,19-23H2,1-3H3,(H,46,47)/t26-,27?,29?,32+,33+,34-/m1/s1. The highest BCUT2D eigenvalue weighted by atomic mass is 19.4. The van der Waals surface area contributed by atoms with Crippen molar-refractivity contribution in [1.82, 2.24) is 9.80 Å². The van der Waals surface area contributed by atoms with Gasteiger partial charge in [-0.15, -0.1) is 13.2 Å². The Kier molecular flexibility index (Phi) is 11.7. The SMILES string of the molecule is COC[C@H]1CN(C(=O)[C@@H]2CN(C3CCC(OC)CC3)C[C@H]2c2ccc(OC)cc2)C[C@@H]1c1ccc(OC(F)(F)F)cc1N1CCC(C(=O)O)CC1. The molecule has 3 heterocycles. The number of carbonyl (C=O) groups excluding carboxylic acids is 1. The van der Waals surface area contributed by atoms with Crippen molar-refractivity contribution in [2.75, 3.05) is 72.1 Å². The molecule has 2 aromatic carbocycles. The second-order valence-electron chi connectivity index (χ2n) is 14.5. The van der Waals surface area contributed by atoms with E-state index in [4.69, 9.17) is 14.2 Å². The molecular weight excluding hydrogens is 667 g/mol. The van der Waals surface area contributed by atoms with Gasteiger partial charge in [0.2, 0.25) is 5.91 Å². The number of carboxylic acids is 1. The molecule has 1 aliphatic carbocycles. The lowest BCUT2D eigenvalue weighted by Crippen LogP contribution is -2.40. The highest BCUT2D eigenvalue weighted by Gasteiger charge is 2.46. The molecule has 13 heteroatoms. The number of anilines is 1. The fourth-order valence-electron chi connectivity index (χ4n) is 8.91. The molecular formula is C38H50F3N3O7. The van der Waals surface area contributed by atoms with E-state index >= 15 is 0 Å². The summed E-state index contributed by atoms with van der Waals surface area (Å²) in [7, 11) is 5.02. The van der Waals surface area contributed by atoms with Gasteiger partial charge >= 0.3 is 12.3 Å². The van der Waals surface area contributed by atoms with Crippen LogP contribution in [0.2, 0.25) is 0 Å². The Morgan fingerprint density at radius 3 is 2.14 bits per heavy atom. The van der Waals surface area contributed by atoms with Crippen molar-refractivity contribution in [1.29, 1.82) is 0 Å². The number of likely N-dealkylation sites (tertiary alicyclic amines) is 2. The van der Waals surface area contributed by atoms with Crippen LogP contribution in [0.3, 0.4) is 0 Å². The molecule has 1 N–H and O–H groups in total. The highest BCUT2D eigenvalue weighted by Crippen LogP contribution is 2.44. The smallest absolute Gasteiger partial charge is 0.497 e. The van der Waals surface area contributed by atoms with Crippen LogP contribution in [-0.4, -0.2) is 112 Å². The largest absolute Gasteiger partial charge is 0.573 e. The minimum atomic E-state index is -4.86. The van der Waals surface area contributed by atoms with E-state index in [-0.39, 0.29) is 41.4 Å². The topological polar surface area (TPSA) is 101 Å². The van der Waals surface area contributed by atoms with Crippen LogP contribution in [-0.2, 0) is 19.1 Å². The molecule has 3 saturated heterocycles. The van der Waals surface area contributed by atoms with Crippen LogP contribution in [0, 0.1) is 17.8 Å². The molecule has 4 aliphatic rings. The third-order valence-corrected chi connectivity index (χ3v) is 11.7. The molecule has 4 fully saturated rings. The third kappa shape index (κ3) is 8.58. The Hall–Kier alpha value is -3.55. The molecule has 0 unspecified atom stereocenters. The van der Waals surface area contributed by atoms with Crippen LogP contribution in [0.4, 0.5) is 18.9 Å². The first kappa shape index (κ1) is 37.2. The molecule has 280 valence electrons. The Labute approximate surface area is 297 Å². The summed E-state index contributed by atoms with van der Waals surface area (Å²) in [4.78, 5) is 32.7. The lowest BCUT2D eigenvalue weighted by Gasteiger charge is -2.35. The van der Waals surface area contributed by atoms with E-state index in [1.54, 1.807) is 27.4 Å². The number of alkyl halides is 3. The van der Waals surface area contributed by atoms with Gasteiger partial charge in [0, 0.05) is 89.0 Å². The van der Waals surface area contributed by atoms with E-state index in [1.165, 1.54) is 12.1 Å². The Morgan fingerprint density at radius 2 is 1.53 bits per heavy atom. The number of hydrogen-bond donors (Lipinski definition) is 1. The minimum Gasteiger partial charge on any atom is -0.497 e. The van der Waals surface area contributed by atoms with Gasteiger partial charge < -0.3 is 33.9 Å². The van der Waals surface area contributed by atoms with Crippen LogP contribution in [0.25, 0.3) is 0 Å². The van der Waals surface area contributed by atoms with E-state index in [2.05, 4.69) is 21.8 Å². The van der Waals surface area contributed by atoms with Crippen LogP contribution >= 0.6 is 0 Å². The maximum atomic E-state index is 14.7. The van der Waals surface area contributed by atoms with E-state index in [0.717, 1.165) is 49.1 Å². The number of hydrogen-bond acceptors (Lipinski definition) is 8. The van der Waals surface area contributed by atoms with Crippen LogP contribution < -0.4 is 14.4 Å². The number of rotatable bonds is 11. The van der Waals surface area contributed by atoms with Gasteiger partial charge in [0.15, 0.2) is 0 Å². The number of methoxy groups -OCH3 is 3. The zero-order valence-corrected chi connectivity index (χ0v) is 29.6. The number of benzene rings is 2. The average molecular weight is 718 g/mol. The summed E-state index contributed by atoms with van der Waals surface area (Å²) in [5.41, 5.74) is 2.49. The summed E-state index contributed by atoms with van der Waals surface area (Å²) in [6.45, 7) is 3.44. The van der Waals surface area contributed by atoms with Gasteiger partial charge in [-0.1, -0.05) is 18.2 Å². The van der Waals surface area contributed by atoms with E-state index in [9.17, 15) is 27.9 Å². The lowest BCUT2D eigenvalue weighted by atomic mass is 9.87. The van der Waals surface area contributed by atoms with Gasteiger partial charge in [0.05, 0.1) is 31.7 Å². The first-order valence-electron chi connectivity index (χ1n) is 18.0. The summed E-state index contributed by atoms with van der Waals surface area (Å²) in [5, 5.41) is 9.56. The van der Waals surface area contributed by atoms with Gasteiger partial charge in [-0.2, -0.15) is 0 Å². The van der Waals surface area contributed by atoms with Crippen LogP contribution in [0.1, 0.15) is 61.5 Å². The Morgan fingerprint density at radius 1 is 0.843 bits per heavy atom. The zero-order chi connectivity index (χ0) is 36.3. The molecule has 10 nitrogen and oxygen atoms in total. The lowest BCUT2D eigenvalue weighted by molar-refractivity contribution is -0.274. The number of aliphatic carboxylic acids is 1. The van der Waals surface area contributed by atoms with Crippen molar-refractivity contribution in [3.63, 3.8) is 0 Å². The molecule has 4 atom stereocenters. The van der Waals surface area contributed by atoms with E-state index in [1.807, 2.05) is 21.9 Å². The van der Waals surface area contributed by atoms with Crippen molar-refractivity contribution in [3.8, 4) is 11.5 Å². The number of nitrogens with zero attached hydrogens (tertiary/aromatic N) is 3. The molecule has 6 rings (SSSR count). The average Bonchev–Trinajstić information content (AvgIpc) is 3.76. The Balaban J connectivity index is 1.27. The molecule has 2 aromatic rings. The summed E-state index contributed by atoms with van der Waals surface area (Å²) >= 11 is 0. The van der Waals surface area contributed by atoms with Crippen molar-refractivity contribution < 1.29 is 46.8 Å². The van der Waals surface area contributed by atoms with Gasteiger partial charge in [0.25, 0.3) is 0 Å². The highest BCUT2D eigenvalue weighted by molar-refractivity contribution is 5.81. The first-order valence-corrected chi connectivity index (χ1v) is 18.0. The van der Waals surface area contributed by atoms with Crippen molar-refractivity contribution in [2.45, 2.75) is 68.9 Å². The van der Waals surface area contributed by atoms with Gasteiger partial charge in [-0.3, -0.25) is 14.5 Å². The minimum absolute atomic E-state index is 0.00614. The monoisotopic (exact) mass is 717 g/mol.